The van der Waals surface area contributed by atoms with Crippen molar-refractivity contribution in [1.82, 2.24) is 10.3 Å². The Bertz CT molecular complexity index is 533. The molecule has 1 atom stereocenters. The van der Waals surface area contributed by atoms with Crippen molar-refractivity contribution in [3.8, 4) is 0 Å². The van der Waals surface area contributed by atoms with Gasteiger partial charge in [-0.1, -0.05) is 29.8 Å². The number of amides is 2. The summed E-state index contributed by atoms with van der Waals surface area (Å²) in [7, 11) is 1.50. The van der Waals surface area contributed by atoms with E-state index in [-0.39, 0.29) is 12.5 Å². The number of ether oxygens (including phenoxy) is 1. The summed E-state index contributed by atoms with van der Waals surface area (Å²) in [4.78, 5) is 22.7. The molecule has 1 aromatic carbocycles. The average Bonchev–Trinajstić information content (AvgIpc) is 2.83. The molecule has 7 heteroatoms. The van der Waals surface area contributed by atoms with Crippen LogP contribution in [0.1, 0.15) is 5.56 Å². The highest BCUT2D eigenvalue weighted by atomic mass is 35.5. The molecule has 19 heavy (non-hydrogen) atoms. The molecule has 2 rings (SSSR count). The minimum absolute atomic E-state index is 0.0175. The van der Waals surface area contributed by atoms with Gasteiger partial charge in [0, 0.05) is 17.6 Å². The maximum Gasteiger partial charge on any atom is 0.407 e. The highest BCUT2D eigenvalue weighted by Gasteiger charge is 2.30. The molecule has 0 spiro atoms. The molecule has 0 aromatic heterocycles. The predicted octanol–water partition coefficient (Wildman–Crippen LogP) is 1.24. The summed E-state index contributed by atoms with van der Waals surface area (Å²) in [6.45, 7) is 0.0175. The molecule has 1 saturated heterocycles. The summed E-state index contributed by atoms with van der Waals surface area (Å²) in [5.74, 6) is -0.353. The Labute approximate surface area is 115 Å². The van der Waals surface area contributed by atoms with Crippen LogP contribution in [0.25, 0.3) is 0 Å². The van der Waals surface area contributed by atoms with Gasteiger partial charge >= 0.3 is 6.09 Å². The molecule has 2 amide bonds. The van der Waals surface area contributed by atoms with E-state index in [9.17, 15) is 9.59 Å². The second kappa shape index (κ2) is 5.71. The minimum Gasteiger partial charge on any atom is -0.447 e. The van der Waals surface area contributed by atoms with Gasteiger partial charge in [-0.15, -0.1) is 0 Å². The van der Waals surface area contributed by atoms with E-state index in [1.165, 1.54) is 13.3 Å². The van der Waals surface area contributed by atoms with Crippen molar-refractivity contribution < 1.29 is 14.3 Å². The fraction of sp³-hybridized carbons (Fsp3) is 0.250. The molecule has 1 heterocycles. The van der Waals surface area contributed by atoms with E-state index < -0.39 is 12.1 Å². The van der Waals surface area contributed by atoms with Crippen LogP contribution in [-0.4, -0.2) is 42.9 Å². The largest absolute Gasteiger partial charge is 0.447 e. The van der Waals surface area contributed by atoms with Crippen LogP contribution in [0.15, 0.2) is 29.4 Å². The standard InChI is InChI=1S/C12H12ClN3O3/c1-16(11(17)10-7-19-12(18)15-10)14-6-8-4-2-3-5-9(8)13/h2-6,10H,7H2,1H3,(H,15,18)/b14-6+/t10-/m1/s1. The number of hydrazone groups is 1. The summed E-state index contributed by atoms with van der Waals surface area (Å²) in [5.41, 5.74) is 0.704. The summed E-state index contributed by atoms with van der Waals surface area (Å²) >= 11 is 5.96. The van der Waals surface area contributed by atoms with E-state index in [2.05, 4.69) is 15.2 Å². The van der Waals surface area contributed by atoms with E-state index in [4.69, 9.17) is 11.6 Å². The molecule has 1 fully saturated rings. The molecule has 1 aliphatic heterocycles. The highest BCUT2D eigenvalue weighted by Crippen LogP contribution is 2.12. The minimum atomic E-state index is -0.694. The number of halogens is 1. The van der Waals surface area contributed by atoms with Gasteiger partial charge in [0.2, 0.25) is 0 Å². The third kappa shape index (κ3) is 3.23. The first kappa shape index (κ1) is 13.4. The third-order valence-corrected chi connectivity index (χ3v) is 2.91. The summed E-state index contributed by atoms with van der Waals surface area (Å²) < 4.78 is 4.65. The van der Waals surface area contributed by atoms with Gasteiger partial charge in [0.15, 0.2) is 0 Å². The van der Waals surface area contributed by atoms with Crippen LogP contribution in [0.3, 0.4) is 0 Å². The second-order valence-electron chi connectivity index (χ2n) is 3.92. The number of hydrogen-bond acceptors (Lipinski definition) is 4. The number of cyclic esters (lactones) is 1. The van der Waals surface area contributed by atoms with Crippen molar-refractivity contribution >= 4 is 29.8 Å². The van der Waals surface area contributed by atoms with Crippen LogP contribution in [0.4, 0.5) is 4.79 Å². The Morgan fingerprint density at radius 1 is 1.58 bits per heavy atom. The smallest absolute Gasteiger partial charge is 0.407 e. The SMILES string of the molecule is CN(/N=C/c1ccccc1Cl)C(=O)[C@H]1COC(=O)N1. The first-order valence-corrected chi connectivity index (χ1v) is 5.95. The lowest BCUT2D eigenvalue weighted by molar-refractivity contribution is -0.131. The van der Waals surface area contributed by atoms with Crippen molar-refractivity contribution in [1.29, 1.82) is 0 Å². The molecule has 0 saturated carbocycles. The summed E-state index contributed by atoms with van der Waals surface area (Å²) in [5, 5.41) is 8.07. The number of alkyl carbamates (subject to hydrolysis) is 1. The molecule has 1 aliphatic rings. The normalized spacial score (nSPS) is 18.2. The molecule has 0 bridgehead atoms. The molecule has 0 aliphatic carbocycles. The highest BCUT2D eigenvalue weighted by molar-refractivity contribution is 6.33. The third-order valence-electron chi connectivity index (χ3n) is 2.57. The quantitative estimate of drug-likeness (QED) is 0.669. The van der Waals surface area contributed by atoms with E-state index >= 15 is 0 Å². The Morgan fingerprint density at radius 3 is 2.95 bits per heavy atom. The van der Waals surface area contributed by atoms with E-state index in [1.807, 2.05) is 6.07 Å². The number of nitrogens with one attached hydrogen (secondary N) is 1. The summed E-state index contributed by atoms with van der Waals surface area (Å²) in [6.07, 6.45) is 0.888. The van der Waals surface area contributed by atoms with Crippen molar-refractivity contribution in [2.45, 2.75) is 6.04 Å². The van der Waals surface area contributed by atoms with Gasteiger partial charge < -0.3 is 10.1 Å². The van der Waals surface area contributed by atoms with Crippen molar-refractivity contribution in [3.05, 3.63) is 34.9 Å². The van der Waals surface area contributed by atoms with E-state index in [1.54, 1.807) is 18.2 Å². The lowest BCUT2D eigenvalue weighted by Gasteiger charge is -2.14. The zero-order chi connectivity index (χ0) is 13.8. The second-order valence-corrected chi connectivity index (χ2v) is 4.33. The van der Waals surface area contributed by atoms with Crippen molar-refractivity contribution in [3.63, 3.8) is 0 Å². The Morgan fingerprint density at radius 2 is 2.32 bits per heavy atom. The average molecular weight is 282 g/mol. The number of carbonyl (C=O) groups excluding carboxylic acids is 2. The fourth-order valence-electron chi connectivity index (χ4n) is 1.53. The van der Waals surface area contributed by atoms with E-state index in [0.717, 1.165) is 5.01 Å². The molecule has 1 N–H and O–H groups in total. The maximum absolute atomic E-state index is 11.9. The first-order chi connectivity index (χ1) is 9.08. The van der Waals surface area contributed by atoms with Crippen LogP contribution in [0.2, 0.25) is 5.02 Å². The van der Waals surface area contributed by atoms with Crippen LogP contribution in [0.5, 0.6) is 0 Å². The van der Waals surface area contributed by atoms with Gasteiger partial charge in [0.05, 0.1) is 6.21 Å². The monoisotopic (exact) mass is 281 g/mol. The van der Waals surface area contributed by atoms with Gasteiger partial charge in [-0.05, 0) is 6.07 Å². The number of nitrogens with zero attached hydrogens (tertiary/aromatic N) is 2. The number of carbonyl (C=O) groups is 2. The zero-order valence-electron chi connectivity index (χ0n) is 10.2. The molecule has 6 nitrogen and oxygen atoms in total. The molecule has 0 radical (unpaired) electrons. The topological polar surface area (TPSA) is 71.0 Å². The van der Waals surface area contributed by atoms with Crippen molar-refractivity contribution in [2.75, 3.05) is 13.7 Å². The number of rotatable bonds is 3. The Balaban J connectivity index is 2.01. The number of likely N-dealkylation sites (N-methyl/N-ethyl adjacent to an activating group) is 1. The van der Waals surface area contributed by atoms with Crippen LogP contribution >= 0.6 is 11.6 Å². The molecular weight excluding hydrogens is 270 g/mol. The van der Waals surface area contributed by atoms with Crippen LogP contribution in [0, 0.1) is 0 Å². The summed E-state index contributed by atoms with van der Waals surface area (Å²) in [6, 6.07) is 6.45. The van der Waals surface area contributed by atoms with Gasteiger partial charge in [-0.25, -0.2) is 9.80 Å². The van der Waals surface area contributed by atoms with Gasteiger partial charge in [0.1, 0.15) is 12.6 Å². The molecule has 1 aromatic rings. The number of benzene rings is 1. The predicted molar refractivity (Wildman–Crippen MR) is 70.1 cm³/mol. The van der Waals surface area contributed by atoms with Gasteiger partial charge in [-0.3, -0.25) is 4.79 Å². The maximum atomic E-state index is 11.9. The Kier molecular flexibility index (Phi) is 4.01. The molecular formula is C12H12ClN3O3. The van der Waals surface area contributed by atoms with Crippen LogP contribution < -0.4 is 5.32 Å². The van der Waals surface area contributed by atoms with Gasteiger partial charge in [-0.2, -0.15) is 5.10 Å². The molecule has 100 valence electrons. The fourth-order valence-corrected chi connectivity index (χ4v) is 1.71. The Hall–Kier alpha value is -2.08. The zero-order valence-corrected chi connectivity index (χ0v) is 10.9. The van der Waals surface area contributed by atoms with E-state index in [0.29, 0.717) is 10.6 Å². The first-order valence-electron chi connectivity index (χ1n) is 5.57. The lowest BCUT2D eigenvalue weighted by Crippen LogP contribution is -2.41. The van der Waals surface area contributed by atoms with Crippen LogP contribution in [-0.2, 0) is 9.53 Å². The number of hydrogen-bond donors (Lipinski definition) is 1. The van der Waals surface area contributed by atoms with Crippen molar-refractivity contribution in [2.24, 2.45) is 5.10 Å². The lowest BCUT2D eigenvalue weighted by atomic mass is 10.2. The molecule has 0 unspecified atom stereocenters. The van der Waals surface area contributed by atoms with Gasteiger partial charge in [0.25, 0.3) is 5.91 Å².